The molecule has 3 aromatic rings. The summed E-state index contributed by atoms with van der Waals surface area (Å²) in [6, 6.07) is 18.2. The lowest BCUT2D eigenvalue weighted by Gasteiger charge is -2.24. The zero-order valence-corrected chi connectivity index (χ0v) is 20.4. The van der Waals surface area contributed by atoms with Crippen molar-refractivity contribution in [1.29, 1.82) is 0 Å². The third kappa shape index (κ3) is 4.03. The van der Waals surface area contributed by atoms with E-state index in [1.807, 2.05) is 19.0 Å². The predicted octanol–water partition coefficient (Wildman–Crippen LogP) is 4.04. The lowest BCUT2D eigenvalue weighted by molar-refractivity contribution is 0.0925. The molecule has 8 heteroatoms. The molecule has 0 aromatic heterocycles. The highest BCUT2D eigenvalue weighted by molar-refractivity contribution is 6.34. The molecule has 0 aliphatic carbocycles. The number of likely N-dealkylation sites (N-methyl/N-ethyl adjacent to an activating group) is 1. The molecule has 1 fully saturated rings. The fourth-order valence-electron chi connectivity index (χ4n) is 4.83. The highest BCUT2D eigenvalue weighted by Crippen LogP contribution is 2.30. The van der Waals surface area contributed by atoms with Crippen molar-refractivity contribution in [2.75, 3.05) is 48.9 Å². The Kier molecular flexibility index (Phi) is 6.05. The van der Waals surface area contributed by atoms with E-state index >= 15 is 4.39 Å². The maximum Gasteiger partial charge on any atom is 0.266 e. The average molecular weight is 487 g/mol. The zero-order chi connectivity index (χ0) is 25.6. The van der Waals surface area contributed by atoms with Gasteiger partial charge in [-0.25, -0.2) is 9.29 Å². The van der Waals surface area contributed by atoms with Crippen molar-refractivity contribution in [3.8, 4) is 0 Å². The van der Waals surface area contributed by atoms with Crippen LogP contribution < -0.4 is 14.7 Å². The monoisotopic (exact) mass is 486 g/mol. The number of anilines is 3. The quantitative estimate of drug-likeness (QED) is 0.510. The van der Waals surface area contributed by atoms with Gasteiger partial charge in [-0.2, -0.15) is 0 Å². The van der Waals surface area contributed by atoms with Crippen LogP contribution in [0.2, 0.25) is 0 Å². The van der Waals surface area contributed by atoms with Gasteiger partial charge in [0.1, 0.15) is 5.82 Å². The summed E-state index contributed by atoms with van der Waals surface area (Å²) in [4.78, 5) is 45.2. The molecule has 7 nitrogen and oxygen atoms in total. The average Bonchev–Trinajstić information content (AvgIpc) is 3.47. The maximum atomic E-state index is 15.0. The highest BCUT2D eigenvalue weighted by Gasteiger charge is 2.36. The van der Waals surface area contributed by atoms with E-state index in [2.05, 4.69) is 4.90 Å². The molecule has 0 bridgehead atoms. The second-order valence-corrected chi connectivity index (χ2v) is 9.39. The van der Waals surface area contributed by atoms with Crippen LogP contribution in [-0.2, 0) is 0 Å². The zero-order valence-electron chi connectivity index (χ0n) is 20.4. The van der Waals surface area contributed by atoms with Gasteiger partial charge in [-0.1, -0.05) is 12.1 Å². The molecule has 0 saturated carbocycles. The molecule has 1 unspecified atom stereocenters. The summed E-state index contributed by atoms with van der Waals surface area (Å²) < 4.78 is 15.0. The molecule has 2 heterocycles. The van der Waals surface area contributed by atoms with Gasteiger partial charge in [-0.15, -0.1) is 0 Å². The predicted molar refractivity (Wildman–Crippen MR) is 137 cm³/mol. The Morgan fingerprint density at radius 2 is 1.56 bits per heavy atom. The molecule has 3 amide bonds. The van der Waals surface area contributed by atoms with Gasteiger partial charge in [0.05, 0.1) is 22.5 Å². The number of hydrogen-bond donors (Lipinski definition) is 0. The fourth-order valence-corrected chi connectivity index (χ4v) is 4.83. The van der Waals surface area contributed by atoms with E-state index in [0.29, 0.717) is 39.8 Å². The first kappa shape index (κ1) is 23.7. The van der Waals surface area contributed by atoms with Crippen LogP contribution in [0.25, 0.3) is 0 Å². The summed E-state index contributed by atoms with van der Waals surface area (Å²) in [7, 11) is 5.65. The molecule has 1 atom stereocenters. The van der Waals surface area contributed by atoms with E-state index in [4.69, 9.17) is 0 Å². The van der Waals surface area contributed by atoms with Gasteiger partial charge >= 0.3 is 0 Å². The summed E-state index contributed by atoms with van der Waals surface area (Å²) in [5.74, 6) is -1.48. The number of amides is 3. The van der Waals surface area contributed by atoms with Gasteiger partial charge in [0.2, 0.25) is 0 Å². The Hall–Kier alpha value is -4.04. The van der Waals surface area contributed by atoms with Crippen LogP contribution in [-0.4, -0.2) is 62.9 Å². The Morgan fingerprint density at radius 1 is 0.917 bits per heavy atom. The van der Waals surface area contributed by atoms with Gasteiger partial charge in [0.25, 0.3) is 17.7 Å². The first-order valence-electron chi connectivity index (χ1n) is 11.8. The van der Waals surface area contributed by atoms with E-state index in [0.717, 1.165) is 24.4 Å². The summed E-state index contributed by atoms with van der Waals surface area (Å²) >= 11 is 0. The second-order valence-electron chi connectivity index (χ2n) is 9.39. The number of hydrogen-bond acceptors (Lipinski definition) is 5. The number of carbonyl (C=O) groups excluding carboxylic acids is 3. The van der Waals surface area contributed by atoms with E-state index in [9.17, 15) is 14.4 Å². The van der Waals surface area contributed by atoms with Crippen molar-refractivity contribution in [3.63, 3.8) is 0 Å². The SMILES string of the molecule is CN(C(=O)c1ccc(N2C(=O)c3ccccc3C2=O)cc1)c1ccc(N2CCC(N(C)C)C2)c(F)c1. The van der Waals surface area contributed by atoms with E-state index < -0.39 is 11.8 Å². The molecule has 1 saturated heterocycles. The topological polar surface area (TPSA) is 64.2 Å². The van der Waals surface area contributed by atoms with Gasteiger partial charge in [-0.3, -0.25) is 14.4 Å². The number of benzene rings is 3. The molecular weight excluding hydrogens is 459 g/mol. The molecule has 5 rings (SSSR count). The van der Waals surface area contributed by atoms with Crippen LogP contribution in [0.1, 0.15) is 37.5 Å². The summed E-state index contributed by atoms with van der Waals surface area (Å²) in [5, 5.41) is 0. The van der Waals surface area contributed by atoms with Gasteiger partial charge < -0.3 is 14.7 Å². The number of imide groups is 1. The minimum atomic E-state index is -0.391. The third-order valence-electron chi connectivity index (χ3n) is 7.02. The molecule has 2 aliphatic heterocycles. The normalized spacial score (nSPS) is 17.2. The lowest BCUT2D eigenvalue weighted by Crippen LogP contribution is -2.31. The molecular formula is C28H27FN4O3. The number of carbonyl (C=O) groups is 3. The van der Waals surface area contributed by atoms with Gasteiger partial charge in [0, 0.05) is 37.4 Å². The molecule has 2 aliphatic rings. The van der Waals surface area contributed by atoms with Crippen molar-refractivity contribution >= 4 is 34.8 Å². The summed E-state index contributed by atoms with van der Waals surface area (Å²) in [6.45, 7) is 1.55. The first-order valence-corrected chi connectivity index (χ1v) is 11.8. The van der Waals surface area contributed by atoms with Crippen LogP contribution in [0.15, 0.2) is 66.7 Å². The van der Waals surface area contributed by atoms with E-state index in [1.54, 1.807) is 67.7 Å². The number of halogens is 1. The van der Waals surface area contributed by atoms with Crippen LogP contribution in [0, 0.1) is 5.82 Å². The van der Waals surface area contributed by atoms with Crippen molar-refractivity contribution in [2.24, 2.45) is 0 Å². The molecule has 184 valence electrons. The lowest BCUT2D eigenvalue weighted by atomic mass is 10.1. The summed E-state index contributed by atoms with van der Waals surface area (Å²) in [5.41, 5.74) is 2.44. The van der Waals surface area contributed by atoms with Crippen LogP contribution in [0.3, 0.4) is 0 Å². The maximum absolute atomic E-state index is 15.0. The Bertz CT molecular complexity index is 1320. The minimum Gasteiger partial charge on any atom is -0.368 e. The van der Waals surface area contributed by atoms with Crippen LogP contribution in [0.4, 0.5) is 21.5 Å². The Labute approximate surface area is 209 Å². The van der Waals surface area contributed by atoms with Crippen molar-refractivity contribution in [1.82, 2.24) is 4.90 Å². The molecule has 0 spiro atoms. The Balaban J connectivity index is 1.31. The van der Waals surface area contributed by atoms with Crippen molar-refractivity contribution in [2.45, 2.75) is 12.5 Å². The van der Waals surface area contributed by atoms with Gasteiger partial charge in [-0.05, 0) is 75.1 Å². The second kappa shape index (κ2) is 9.20. The number of fused-ring (bicyclic) bond motifs is 1. The van der Waals surface area contributed by atoms with E-state index in [1.165, 1.54) is 11.0 Å². The van der Waals surface area contributed by atoms with Crippen LogP contribution >= 0.6 is 0 Å². The standard InChI is InChI=1S/C28H27FN4O3/c1-30(2)21-14-15-32(17-21)25-13-12-20(16-24(25)29)31(3)26(34)18-8-10-19(11-9-18)33-27(35)22-6-4-5-7-23(22)28(33)36/h4-13,16,21H,14-15,17H2,1-3H3. The van der Waals surface area contributed by atoms with Gasteiger partial charge in [0.15, 0.2) is 0 Å². The third-order valence-corrected chi connectivity index (χ3v) is 7.02. The van der Waals surface area contributed by atoms with Crippen molar-refractivity contribution in [3.05, 3.63) is 89.2 Å². The molecule has 0 radical (unpaired) electrons. The largest absolute Gasteiger partial charge is 0.368 e. The van der Waals surface area contributed by atoms with Crippen molar-refractivity contribution < 1.29 is 18.8 Å². The fraction of sp³-hybridized carbons (Fsp3) is 0.250. The number of nitrogens with zero attached hydrogens (tertiary/aromatic N) is 4. The van der Waals surface area contributed by atoms with E-state index in [-0.39, 0.29) is 11.7 Å². The first-order chi connectivity index (χ1) is 17.3. The summed E-state index contributed by atoms with van der Waals surface area (Å²) in [6.07, 6.45) is 0.975. The number of rotatable bonds is 5. The smallest absolute Gasteiger partial charge is 0.266 e. The molecule has 0 N–H and O–H groups in total. The highest BCUT2D eigenvalue weighted by atomic mass is 19.1. The Morgan fingerprint density at radius 3 is 2.11 bits per heavy atom. The molecule has 36 heavy (non-hydrogen) atoms. The minimum absolute atomic E-state index is 0.329. The van der Waals surface area contributed by atoms with Crippen LogP contribution in [0.5, 0.6) is 0 Å². The molecule has 3 aromatic carbocycles.